The first-order chi connectivity index (χ1) is 9.76. The molecule has 2 atom stereocenters. The van der Waals surface area contributed by atoms with Gasteiger partial charge < -0.3 is 10.6 Å². The first kappa shape index (κ1) is 15.2. The van der Waals surface area contributed by atoms with Gasteiger partial charge in [-0.1, -0.05) is 25.0 Å². The van der Waals surface area contributed by atoms with Crippen LogP contribution in [0.15, 0.2) is 24.3 Å². The molecule has 0 spiro atoms. The molecule has 110 valence electrons. The summed E-state index contributed by atoms with van der Waals surface area (Å²) in [6.07, 6.45) is 6.95. The molecule has 1 aromatic rings. The third-order valence-electron chi connectivity index (χ3n) is 3.86. The summed E-state index contributed by atoms with van der Waals surface area (Å²) >= 11 is 1.88. The van der Waals surface area contributed by atoms with Crippen LogP contribution >= 0.6 is 11.8 Å². The number of rotatable bonds is 5. The van der Waals surface area contributed by atoms with Crippen LogP contribution in [0.3, 0.4) is 0 Å². The maximum absolute atomic E-state index is 12.5. The number of carbonyl (C=O) groups is 1. The van der Waals surface area contributed by atoms with Crippen LogP contribution < -0.4 is 10.6 Å². The summed E-state index contributed by atoms with van der Waals surface area (Å²) in [5.74, 6) is 0.0486. The van der Waals surface area contributed by atoms with Crippen LogP contribution in [-0.2, 0) is 0 Å². The Hall–Kier alpha value is -1.16. The van der Waals surface area contributed by atoms with Crippen LogP contribution in [0.1, 0.15) is 43.0 Å². The summed E-state index contributed by atoms with van der Waals surface area (Å²) in [5.41, 5.74) is 1.67. The van der Waals surface area contributed by atoms with Crippen LogP contribution in [0, 0.1) is 0 Å². The molecule has 1 aliphatic rings. The summed E-state index contributed by atoms with van der Waals surface area (Å²) in [5, 5.41) is 7.04. The maximum atomic E-state index is 12.5. The average Bonchev–Trinajstić information content (AvgIpc) is 2.48. The number of hydrogen-bond donors (Lipinski definition) is 2. The Morgan fingerprint density at radius 2 is 2.05 bits per heavy atom. The molecule has 1 saturated carbocycles. The van der Waals surface area contributed by atoms with Gasteiger partial charge in [0.15, 0.2) is 0 Å². The standard InChI is InChI=1S/C16H24N2OS/c1-3-17-13-9-5-4-8-12(13)16(19)18-14-10-6-7-11-15(14)20-2/h4-5,8-9,14-15,17H,3,6-7,10-11H2,1-2H3,(H,18,19). The van der Waals surface area contributed by atoms with E-state index in [-0.39, 0.29) is 5.91 Å². The van der Waals surface area contributed by atoms with Crippen molar-refractivity contribution in [3.63, 3.8) is 0 Å². The maximum Gasteiger partial charge on any atom is 0.253 e. The molecule has 0 bridgehead atoms. The predicted molar refractivity (Wildman–Crippen MR) is 87.6 cm³/mol. The summed E-state index contributed by atoms with van der Waals surface area (Å²) in [6.45, 7) is 2.86. The molecule has 1 aromatic carbocycles. The summed E-state index contributed by atoms with van der Waals surface area (Å²) < 4.78 is 0. The fourth-order valence-corrected chi connectivity index (χ4v) is 3.75. The molecule has 3 nitrogen and oxygen atoms in total. The van der Waals surface area contributed by atoms with Gasteiger partial charge in [-0.15, -0.1) is 0 Å². The van der Waals surface area contributed by atoms with Gasteiger partial charge in [0.2, 0.25) is 0 Å². The Labute approximate surface area is 125 Å². The monoisotopic (exact) mass is 292 g/mol. The van der Waals surface area contributed by atoms with E-state index in [1.165, 1.54) is 19.3 Å². The lowest BCUT2D eigenvalue weighted by Gasteiger charge is -2.31. The Kier molecular flexibility index (Phi) is 5.77. The van der Waals surface area contributed by atoms with Crippen molar-refractivity contribution in [1.82, 2.24) is 5.32 Å². The van der Waals surface area contributed by atoms with Crippen LogP contribution in [-0.4, -0.2) is 30.0 Å². The Morgan fingerprint density at radius 3 is 2.80 bits per heavy atom. The third-order valence-corrected chi connectivity index (χ3v) is 5.03. The minimum absolute atomic E-state index is 0.0486. The number of anilines is 1. The number of nitrogens with one attached hydrogen (secondary N) is 2. The first-order valence-electron chi connectivity index (χ1n) is 7.42. The lowest BCUT2D eigenvalue weighted by molar-refractivity contribution is 0.0930. The molecule has 0 aromatic heterocycles. The van der Waals surface area contributed by atoms with Gasteiger partial charge in [0.25, 0.3) is 5.91 Å². The Bertz CT molecular complexity index is 450. The van der Waals surface area contributed by atoms with E-state index in [0.29, 0.717) is 11.3 Å². The van der Waals surface area contributed by atoms with Gasteiger partial charge in [-0.3, -0.25) is 4.79 Å². The zero-order valence-corrected chi connectivity index (χ0v) is 13.1. The third kappa shape index (κ3) is 3.69. The lowest BCUT2D eigenvalue weighted by Crippen LogP contribution is -2.43. The van der Waals surface area contributed by atoms with E-state index in [2.05, 4.69) is 16.9 Å². The van der Waals surface area contributed by atoms with E-state index < -0.39 is 0 Å². The molecule has 1 aliphatic carbocycles. The van der Waals surface area contributed by atoms with Gasteiger partial charge in [0, 0.05) is 23.5 Å². The van der Waals surface area contributed by atoms with Crippen molar-refractivity contribution in [3.8, 4) is 0 Å². The van der Waals surface area contributed by atoms with Gasteiger partial charge in [-0.25, -0.2) is 0 Å². The Balaban J connectivity index is 2.07. The molecular weight excluding hydrogens is 268 g/mol. The van der Waals surface area contributed by atoms with Crippen molar-refractivity contribution < 1.29 is 4.79 Å². The highest BCUT2D eigenvalue weighted by molar-refractivity contribution is 7.99. The van der Waals surface area contributed by atoms with Gasteiger partial charge in [-0.05, 0) is 38.2 Å². The van der Waals surface area contributed by atoms with E-state index in [0.717, 1.165) is 24.2 Å². The number of thioether (sulfide) groups is 1. The molecule has 20 heavy (non-hydrogen) atoms. The number of hydrogen-bond acceptors (Lipinski definition) is 3. The molecule has 0 heterocycles. The molecule has 1 fully saturated rings. The quantitative estimate of drug-likeness (QED) is 0.872. The zero-order valence-electron chi connectivity index (χ0n) is 12.3. The lowest BCUT2D eigenvalue weighted by atomic mass is 9.94. The second-order valence-electron chi connectivity index (χ2n) is 5.21. The van der Waals surface area contributed by atoms with Crippen molar-refractivity contribution in [2.75, 3.05) is 18.1 Å². The van der Waals surface area contributed by atoms with E-state index in [1.807, 2.05) is 43.0 Å². The van der Waals surface area contributed by atoms with Crippen LogP contribution in [0.2, 0.25) is 0 Å². The van der Waals surface area contributed by atoms with Crippen LogP contribution in [0.25, 0.3) is 0 Å². The SMILES string of the molecule is CCNc1ccccc1C(=O)NC1CCCCC1SC. The summed E-state index contributed by atoms with van der Waals surface area (Å²) in [6, 6.07) is 8.04. The fourth-order valence-electron chi connectivity index (χ4n) is 2.82. The highest BCUT2D eigenvalue weighted by atomic mass is 32.2. The minimum Gasteiger partial charge on any atom is -0.385 e. The van der Waals surface area contributed by atoms with E-state index in [4.69, 9.17) is 0 Å². The van der Waals surface area contributed by atoms with Gasteiger partial charge in [0.05, 0.1) is 5.56 Å². The summed E-state index contributed by atoms with van der Waals surface area (Å²) in [7, 11) is 0. The minimum atomic E-state index is 0.0486. The predicted octanol–water partition coefficient (Wildman–Crippen LogP) is 3.52. The van der Waals surface area contributed by atoms with Crippen molar-refractivity contribution in [2.24, 2.45) is 0 Å². The molecule has 0 radical (unpaired) electrons. The van der Waals surface area contributed by atoms with E-state index in [1.54, 1.807) is 0 Å². The van der Waals surface area contributed by atoms with Gasteiger partial charge >= 0.3 is 0 Å². The smallest absolute Gasteiger partial charge is 0.253 e. The van der Waals surface area contributed by atoms with Gasteiger partial charge in [0.1, 0.15) is 0 Å². The second-order valence-corrected chi connectivity index (χ2v) is 6.29. The zero-order chi connectivity index (χ0) is 14.4. The summed E-state index contributed by atoms with van der Waals surface area (Å²) in [4.78, 5) is 12.5. The number of carbonyl (C=O) groups excluding carboxylic acids is 1. The fraction of sp³-hybridized carbons (Fsp3) is 0.562. The van der Waals surface area contributed by atoms with E-state index >= 15 is 0 Å². The molecule has 1 amide bonds. The van der Waals surface area contributed by atoms with Crippen molar-refractivity contribution in [1.29, 1.82) is 0 Å². The van der Waals surface area contributed by atoms with Crippen molar-refractivity contribution in [3.05, 3.63) is 29.8 Å². The largest absolute Gasteiger partial charge is 0.385 e. The van der Waals surface area contributed by atoms with Crippen LogP contribution in [0.4, 0.5) is 5.69 Å². The average molecular weight is 292 g/mol. The second kappa shape index (κ2) is 7.58. The number of para-hydroxylation sites is 1. The van der Waals surface area contributed by atoms with Crippen LogP contribution in [0.5, 0.6) is 0 Å². The Morgan fingerprint density at radius 1 is 1.30 bits per heavy atom. The topological polar surface area (TPSA) is 41.1 Å². The number of amides is 1. The molecular formula is C16H24N2OS. The van der Waals surface area contributed by atoms with Crippen molar-refractivity contribution in [2.45, 2.75) is 43.9 Å². The first-order valence-corrected chi connectivity index (χ1v) is 8.71. The molecule has 2 rings (SSSR count). The molecule has 0 aliphatic heterocycles. The highest BCUT2D eigenvalue weighted by Gasteiger charge is 2.26. The van der Waals surface area contributed by atoms with Gasteiger partial charge in [-0.2, -0.15) is 11.8 Å². The normalized spacial score (nSPS) is 22.3. The van der Waals surface area contributed by atoms with E-state index in [9.17, 15) is 4.79 Å². The molecule has 4 heteroatoms. The van der Waals surface area contributed by atoms with Crippen molar-refractivity contribution >= 4 is 23.4 Å². The highest BCUT2D eigenvalue weighted by Crippen LogP contribution is 2.27. The molecule has 2 unspecified atom stereocenters. The number of benzene rings is 1. The molecule has 0 saturated heterocycles. The molecule has 2 N–H and O–H groups in total.